The third kappa shape index (κ3) is 7.74. The van der Waals surface area contributed by atoms with Crippen LogP contribution in [0.3, 0.4) is 0 Å². The number of esters is 1. The molecule has 0 saturated heterocycles. The molecule has 0 radical (unpaired) electrons. The van der Waals surface area contributed by atoms with Gasteiger partial charge in [-0.2, -0.15) is 0 Å². The summed E-state index contributed by atoms with van der Waals surface area (Å²) in [4.78, 5) is 11.5. The van der Waals surface area contributed by atoms with Gasteiger partial charge < -0.3 is 10.1 Å². The lowest BCUT2D eigenvalue weighted by Crippen LogP contribution is -2.05. The first-order valence-corrected chi connectivity index (χ1v) is 8.29. The van der Waals surface area contributed by atoms with Crippen LogP contribution in [0.4, 0.5) is 5.69 Å². The number of anilines is 1. The fraction of sp³-hybridized carbons (Fsp3) is 0.611. The number of ether oxygens (including phenoxy) is 1. The number of benzene rings is 1. The molecule has 0 saturated carbocycles. The molecule has 0 atom stereocenters. The van der Waals surface area contributed by atoms with Crippen molar-refractivity contribution in [3.8, 4) is 0 Å². The summed E-state index contributed by atoms with van der Waals surface area (Å²) in [6.07, 6.45) is 9.24. The average Bonchev–Trinajstić information content (AvgIpc) is 2.51. The van der Waals surface area contributed by atoms with Crippen molar-refractivity contribution in [1.82, 2.24) is 0 Å². The van der Waals surface area contributed by atoms with Crippen molar-refractivity contribution in [2.24, 2.45) is 0 Å². The first-order valence-electron chi connectivity index (χ1n) is 8.29. The van der Waals surface area contributed by atoms with Crippen LogP contribution >= 0.6 is 0 Å². The van der Waals surface area contributed by atoms with Crippen molar-refractivity contribution in [2.75, 3.05) is 18.5 Å². The molecule has 0 amide bonds. The minimum Gasteiger partial charge on any atom is -0.462 e. The van der Waals surface area contributed by atoms with E-state index in [0.717, 1.165) is 12.2 Å². The van der Waals surface area contributed by atoms with Gasteiger partial charge in [0.1, 0.15) is 0 Å². The highest BCUT2D eigenvalue weighted by molar-refractivity contribution is 5.89. The highest BCUT2D eigenvalue weighted by atomic mass is 16.5. The maximum absolute atomic E-state index is 11.5. The van der Waals surface area contributed by atoms with Gasteiger partial charge in [-0.05, 0) is 37.6 Å². The van der Waals surface area contributed by atoms with Crippen molar-refractivity contribution in [2.45, 2.75) is 58.8 Å². The molecule has 0 bridgehead atoms. The van der Waals surface area contributed by atoms with Crippen molar-refractivity contribution in [3.63, 3.8) is 0 Å². The molecule has 1 rings (SSSR count). The van der Waals surface area contributed by atoms with Crippen molar-refractivity contribution >= 4 is 11.7 Å². The van der Waals surface area contributed by atoms with Gasteiger partial charge in [-0.1, -0.05) is 45.4 Å². The minimum absolute atomic E-state index is 0.254. The standard InChI is InChI=1S/C18H29NO2/c1-3-5-6-7-8-9-10-15-19-17-13-11-16(12-14-17)18(20)21-4-2/h11-14,19H,3-10,15H2,1-2H3. The molecule has 0 unspecified atom stereocenters. The van der Waals surface area contributed by atoms with E-state index in [-0.39, 0.29) is 5.97 Å². The highest BCUT2D eigenvalue weighted by Gasteiger charge is 2.05. The molecule has 0 aliphatic heterocycles. The van der Waals surface area contributed by atoms with Crippen LogP contribution in [0.2, 0.25) is 0 Å². The Morgan fingerprint density at radius 3 is 2.19 bits per heavy atom. The second-order valence-corrected chi connectivity index (χ2v) is 5.35. The van der Waals surface area contributed by atoms with E-state index in [1.165, 1.54) is 44.9 Å². The van der Waals surface area contributed by atoms with E-state index in [1.54, 1.807) is 0 Å². The molecule has 1 aromatic rings. The Bertz CT molecular complexity index is 387. The van der Waals surface area contributed by atoms with Crippen molar-refractivity contribution in [3.05, 3.63) is 29.8 Å². The second-order valence-electron chi connectivity index (χ2n) is 5.35. The third-order valence-corrected chi connectivity index (χ3v) is 3.51. The van der Waals surface area contributed by atoms with Crippen LogP contribution in [-0.2, 0) is 4.74 Å². The van der Waals surface area contributed by atoms with Gasteiger partial charge in [0, 0.05) is 12.2 Å². The third-order valence-electron chi connectivity index (χ3n) is 3.51. The lowest BCUT2D eigenvalue weighted by Gasteiger charge is -2.07. The predicted molar refractivity (Wildman–Crippen MR) is 88.9 cm³/mol. The number of unbranched alkanes of at least 4 members (excludes halogenated alkanes) is 6. The zero-order valence-corrected chi connectivity index (χ0v) is 13.5. The topological polar surface area (TPSA) is 38.3 Å². The Labute approximate surface area is 129 Å². The summed E-state index contributed by atoms with van der Waals surface area (Å²) in [6, 6.07) is 7.50. The van der Waals surface area contributed by atoms with Gasteiger partial charge in [0.15, 0.2) is 0 Å². The largest absolute Gasteiger partial charge is 0.462 e. The molecule has 0 aliphatic rings. The minimum atomic E-state index is -0.254. The van der Waals surface area contributed by atoms with Gasteiger partial charge in [0.05, 0.1) is 12.2 Å². The van der Waals surface area contributed by atoms with E-state index >= 15 is 0 Å². The summed E-state index contributed by atoms with van der Waals surface area (Å²) in [7, 11) is 0. The highest BCUT2D eigenvalue weighted by Crippen LogP contribution is 2.12. The molecule has 3 heteroatoms. The number of hydrogen-bond donors (Lipinski definition) is 1. The molecule has 0 aliphatic carbocycles. The van der Waals surface area contributed by atoms with Crippen molar-refractivity contribution in [1.29, 1.82) is 0 Å². The van der Waals surface area contributed by atoms with E-state index in [4.69, 9.17) is 4.74 Å². The van der Waals surface area contributed by atoms with Gasteiger partial charge >= 0.3 is 5.97 Å². The maximum atomic E-state index is 11.5. The predicted octanol–water partition coefficient (Wildman–Crippen LogP) is 5.03. The Morgan fingerprint density at radius 1 is 0.952 bits per heavy atom. The van der Waals surface area contributed by atoms with Gasteiger partial charge in [-0.15, -0.1) is 0 Å². The van der Waals surface area contributed by atoms with E-state index in [0.29, 0.717) is 12.2 Å². The zero-order chi connectivity index (χ0) is 15.3. The molecule has 1 N–H and O–H groups in total. The zero-order valence-electron chi connectivity index (χ0n) is 13.5. The summed E-state index contributed by atoms with van der Waals surface area (Å²) >= 11 is 0. The molecule has 0 heterocycles. The first kappa shape index (κ1) is 17.5. The SMILES string of the molecule is CCCCCCCCCNc1ccc(C(=O)OCC)cc1. The summed E-state index contributed by atoms with van der Waals surface area (Å²) in [5.74, 6) is -0.254. The fourth-order valence-corrected chi connectivity index (χ4v) is 2.25. The number of hydrogen-bond acceptors (Lipinski definition) is 3. The van der Waals surface area contributed by atoms with Gasteiger partial charge in [-0.3, -0.25) is 0 Å². The molecule has 1 aromatic carbocycles. The molecule has 3 nitrogen and oxygen atoms in total. The molecule has 118 valence electrons. The van der Waals surface area contributed by atoms with Crippen LogP contribution in [-0.4, -0.2) is 19.1 Å². The van der Waals surface area contributed by atoms with Crippen molar-refractivity contribution < 1.29 is 9.53 Å². The quantitative estimate of drug-likeness (QED) is 0.459. The van der Waals surface area contributed by atoms with E-state index in [2.05, 4.69) is 12.2 Å². The molecule has 0 fully saturated rings. The molecular weight excluding hydrogens is 262 g/mol. The lowest BCUT2D eigenvalue weighted by atomic mass is 10.1. The van der Waals surface area contributed by atoms with Gasteiger partial charge in [0.25, 0.3) is 0 Å². The van der Waals surface area contributed by atoms with Crippen LogP contribution in [0.5, 0.6) is 0 Å². The van der Waals surface area contributed by atoms with Crippen LogP contribution in [0.15, 0.2) is 24.3 Å². The maximum Gasteiger partial charge on any atom is 0.338 e. The molecule has 0 aromatic heterocycles. The summed E-state index contributed by atoms with van der Waals surface area (Å²) < 4.78 is 4.96. The second kappa shape index (κ2) is 11.2. The Balaban J connectivity index is 2.14. The van der Waals surface area contributed by atoms with Gasteiger partial charge in [0.2, 0.25) is 0 Å². The first-order chi connectivity index (χ1) is 10.3. The molecular formula is C18H29NO2. The van der Waals surface area contributed by atoms with Crippen LogP contribution < -0.4 is 5.32 Å². The van der Waals surface area contributed by atoms with Crippen LogP contribution in [0.1, 0.15) is 69.2 Å². The number of rotatable bonds is 11. The van der Waals surface area contributed by atoms with E-state index < -0.39 is 0 Å². The Hall–Kier alpha value is -1.51. The summed E-state index contributed by atoms with van der Waals surface area (Å²) in [5, 5.41) is 3.39. The average molecular weight is 291 g/mol. The van der Waals surface area contributed by atoms with Crippen LogP contribution in [0, 0.1) is 0 Å². The monoisotopic (exact) mass is 291 g/mol. The summed E-state index contributed by atoms with van der Waals surface area (Å²) in [6.45, 7) is 5.47. The number of carbonyl (C=O) groups excluding carboxylic acids is 1. The smallest absolute Gasteiger partial charge is 0.338 e. The Kier molecular flexibility index (Phi) is 9.34. The normalized spacial score (nSPS) is 10.4. The lowest BCUT2D eigenvalue weighted by molar-refractivity contribution is 0.0526. The number of carbonyl (C=O) groups is 1. The molecule has 0 spiro atoms. The van der Waals surface area contributed by atoms with E-state index in [1.807, 2.05) is 31.2 Å². The van der Waals surface area contributed by atoms with Crippen LogP contribution in [0.25, 0.3) is 0 Å². The van der Waals surface area contributed by atoms with Gasteiger partial charge in [-0.25, -0.2) is 4.79 Å². The molecule has 21 heavy (non-hydrogen) atoms. The Morgan fingerprint density at radius 2 is 1.57 bits per heavy atom. The van der Waals surface area contributed by atoms with E-state index in [9.17, 15) is 4.79 Å². The summed E-state index contributed by atoms with van der Waals surface area (Å²) in [5.41, 5.74) is 1.67. The number of nitrogens with one attached hydrogen (secondary N) is 1. The fourth-order valence-electron chi connectivity index (χ4n) is 2.25.